The number of rotatable bonds is 2. The third kappa shape index (κ3) is 2.48. The number of aromatic nitrogens is 3. The normalized spacial score (nSPS) is 17.8. The van der Waals surface area contributed by atoms with Gasteiger partial charge in [0.2, 0.25) is 0 Å². The fourth-order valence-corrected chi connectivity index (χ4v) is 3.27. The molecule has 5 nitrogen and oxygen atoms in total. The number of carbonyl (C=O) groups is 1. The van der Waals surface area contributed by atoms with Crippen LogP contribution in [0.25, 0.3) is 5.52 Å². The molecule has 3 aromatic rings. The van der Waals surface area contributed by atoms with Crippen LogP contribution in [-0.2, 0) is 0 Å². The molecule has 1 saturated heterocycles. The van der Waals surface area contributed by atoms with E-state index >= 15 is 0 Å². The number of pyridine rings is 1. The molecule has 1 unspecified atom stereocenters. The van der Waals surface area contributed by atoms with E-state index in [-0.39, 0.29) is 11.9 Å². The van der Waals surface area contributed by atoms with Gasteiger partial charge in [0.15, 0.2) is 0 Å². The lowest BCUT2D eigenvalue weighted by Gasteiger charge is -2.24. The Morgan fingerprint density at radius 2 is 2.17 bits per heavy atom. The first kappa shape index (κ1) is 13.9. The zero-order valence-electron chi connectivity index (χ0n) is 13.0. The summed E-state index contributed by atoms with van der Waals surface area (Å²) in [7, 11) is 0. The second kappa shape index (κ2) is 5.50. The zero-order chi connectivity index (χ0) is 15.8. The molecule has 3 aromatic heterocycles. The highest BCUT2D eigenvalue weighted by Gasteiger charge is 2.32. The molecule has 0 radical (unpaired) electrons. The van der Waals surface area contributed by atoms with E-state index in [4.69, 9.17) is 0 Å². The standard InChI is InChI=1S/C18H18N4O/c1-13-5-2-7-15(20-13)17-8-4-10-22(17)18(23)16-11-14-6-3-9-21(14)12-19-16/h2-3,5-7,9,11-12,17H,4,8,10H2,1H3. The lowest BCUT2D eigenvalue weighted by molar-refractivity contribution is 0.0726. The summed E-state index contributed by atoms with van der Waals surface area (Å²) in [6, 6.07) is 11.8. The van der Waals surface area contributed by atoms with E-state index in [0.717, 1.165) is 36.3 Å². The van der Waals surface area contributed by atoms with E-state index in [1.165, 1.54) is 0 Å². The van der Waals surface area contributed by atoms with Crippen molar-refractivity contribution in [3.63, 3.8) is 0 Å². The van der Waals surface area contributed by atoms with Gasteiger partial charge in [0.1, 0.15) is 5.69 Å². The van der Waals surface area contributed by atoms with E-state index in [1.54, 1.807) is 6.33 Å². The third-order valence-electron chi connectivity index (χ3n) is 4.40. The van der Waals surface area contributed by atoms with E-state index < -0.39 is 0 Å². The van der Waals surface area contributed by atoms with Gasteiger partial charge in [0.25, 0.3) is 5.91 Å². The molecule has 23 heavy (non-hydrogen) atoms. The van der Waals surface area contributed by atoms with Crippen LogP contribution in [0.4, 0.5) is 0 Å². The average molecular weight is 306 g/mol. The lowest BCUT2D eigenvalue weighted by atomic mass is 10.1. The number of amides is 1. The Kier molecular flexibility index (Phi) is 3.33. The summed E-state index contributed by atoms with van der Waals surface area (Å²) in [6.07, 6.45) is 5.57. The molecule has 1 aliphatic heterocycles. The highest BCUT2D eigenvalue weighted by molar-refractivity contribution is 5.93. The predicted molar refractivity (Wildman–Crippen MR) is 87.2 cm³/mol. The molecule has 0 saturated carbocycles. The van der Waals surface area contributed by atoms with E-state index in [0.29, 0.717) is 5.69 Å². The first-order valence-corrected chi connectivity index (χ1v) is 7.89. The van der Waals surface area contributed by atoms with E-state index in [1.807, 2.05) is 58.8 Å². The fourth-order valence-electron chi connectivity index (χ4n) is 3.27. The Bertz CT molecular complexity index is 870. The van der Waals surface area contributed by atoms with E-state index in [2.05, 4.69) is 9.97 Å². The minimum Gasteiger partial charge on any atom is -0.329 e. The Balaban J connectivity index is 1.66. The van der Waals surface area contributed by atoms with Crippen molar-refractivity contribution in [1.82, 2.24) is 19.3 Å². The number of hydrogen-bond donors (Lipinski definition) is 0. The number of hydrogen-bond acceptors (Lipinski definition) is 3. The van der Waals surface area contributed by atoms with Crippen LogP contribution in [0.15, 0.2) is 48.9 Å². The predicted octanol–water partition coefficient (Wildman–Crippen LogP) is 3.02. The van der Waals surface area contributed by atoms with E-state index in [9.17, 15) is 4.79 Å². The maximum absolute atomic E-state index is 12.9. The number of nitrogens with zero attached hydrogens (tertiary/aromatic N) is 4. The molecule has 1 fully saturated rings. The molecular weight excluding hydrogens is 288 g/mol. The Morgan fingerprint density at radius 1 is 1.26 bits per heavy atom. The molecule has 0 aliphatic carbocycles. The number of aryl methyl sites for hydroxylation is 1. The summed E-state index contributed by atoms with van der Waals surface area (Å²) in [5, 5.41) is 0. The van der Waals surface area contributed by atoms with Crippen molar-refractivity contribution in [2.45, 2.75) is 25.8 Å². The highest BCUT2D eigenvalue weighted by atomic mass is 16.2. The maximum atomic E-state index is 12.9. The SMILES string of the molecule is Cc1cccc(C2CCCN2C(=O)c2cc3cccn3cn2)n1. The summed E-state index contributed by atoms with van der Waals surface area (Å²) in [5.41, 5.74) is 3.43. The largest absolute Gasteiger partial charge is 0.329 e. The summed E-state index contributed by atoms with van der Waals surface area (Å²) < 4.78 is 1.90. The van der Waals surface area contributed by atoms with Gasteiger partial charge in [-0.1, -0.05) is 6.07 Å². The topological polar surface area (TPSA) is 50.5 Å². The van der Waals surface area contributed by atoms with Gasteiger partial charge in [0.05, 0.1) is 18.1 Å². The molecule has 4 heterocycles. The van der Waals surface area contributed by atoms with Crippen LogP contribution in [-0.4, -0.2) is 31.7 Å². The minimum atomic E-state index is -0.0143. The van der Waals surface area contributed by atoms with Crippen LogP contribution in [0.3, 0.4) is 0 Å². The molecule has 0 spiro atoms. The summed E-state index contributed by atoms with van der Waals surface area (Å²) in [6.45, 7) is 2.74. The van der Waals surface area contributed by atoms with Crippen LogP contribution >= 0.6 is 0 Å². The average Bonchev–Trinajstić information content (AvgIpc) is 3.22. The molecule has 0 bridgehead atoms. The van der Waals surface area contributed by atoms with Crippen molar-refractivity contribution in [3.8, 4) is 0 Å². The number of likely N-dealkylation sites (tertiary alicyclic amines) is 1. The van der Waals surface area contributed by atoms with Gasteiger partial charge in [-0.15, -0.1) is 0 Å². The zero-order valence-corrected chi connectivity index (χ0v) is 13.0. The Labute approximate surface area is 134 Å². The van der Waals surface area contributed by atoms with Gasteiger partial charge in [-0.3, -0.25) is 9.78 Å². The van der Waals surface area contributed by atoms with Crippen LogP contribution in [0.2, 0.25) is 0 Å². The van der Waals surface area contributed by atoms with Crippen LogP contribution in [0.1, 0.15) is 40.8 Å². The molecule has 1 aliphatic rings. The van der Waals surface area contributed by atoms with Crippen molar-refractivity contribution in [2.75, 3.05) is 6.54 Å². The second-order valence-corrected chi connectivity index (χ2v) is 5.97. The fraction of sp³-hybridized carbons (Fsp3) is 0.278. The first-order valence-electron chi connectivity index (χ1n) is 7.89. The molecular formula is C18H18N4O. The lowest BCUT2D eigenvalue weighted by Crippen LogP contribution is -2.31. The monoisotopic (exact) mass is 306 g/mol. The summed E-state index contributed by atoms with van der Waals surface area (Å²) in [5.74, 6) is -0.0143. The third-order valence-corrected chi connectivity index (χ3v) is 4.40. The van der Waals surface area contributed by atoms with Gasteiger partial charge < -0.3 is 9.30 Å². The van der Waals surface area contributed by atoms with Crippen molar-refractivity contribution in [3.05, 3.63) is 66.0 Å². The minimum absolute atomic E-state index is 0.0143. The molecule has 5 heteroatoms. The van der Waals surface area contributed by atoms with Gasteiger partial charge in [-0.05, 0) is 50.1 Å². The van der Waals surface area contributed by atoms with Crippen molar-refractivity contribution >= 4 is 11.4 Å². The summed E-state index contributed by atoms with van der Waals surface area (Å²) >= 11 is 0. The van der Waals surface area contributed by atoms with Crippen LogP contribution in [0, 0.1) is 6.92 Å². The maximum Gasteiger partial charge on any atom is 0.273 e. The van der Waals surface area contributed by atoms with Gasteiger partial charge >= 0.3 is 0 Å². The van der Waals surface area contributed by atoms with Crippen molar-refractivity contribution in [1.29, 1.82) is 0 Å². The van der Waals surface area contributed by atoms with Gasteiger partial charge in [-0.25, -0.2) is 4.98 Å². The Morgan fingerprint density at radius 3 is 3.04 bits per heavy atom. The van der Waals surface area contributed by atoms with Gasteiger partial charge in [-0.2, -0.15) is 0 Å². The number of fused-ring (bicyclic) bond motifs is 1. The van der Waals surface area contributed by atoms with Crippen molar-refractivity contribution < 1.29 is 4.79 Å². The molecule has 1 amide bonds. The first-order chi connectivity index (χ1) is 11.2. The quantitative estimate of drug-likeness (QED) is 0.731. The van der Waals surface area contributed by atoms with Crippen LogP contribution in [0.5, 0.6) is 0 Å². The summed E-state index contributed by atoms with van der Waals surface area (Å²) in [4.78, 5) is 23.7. The van der Waals surface area contributed by atoms with Crippen LogP contribution < -0.4 is 0 Å². The molecule has 0 aromatic carbocycles. The number of carbonyl (C=O) groups excluding carboxylic acids is 1. The van der Waals surface area contributed by atoms with Crippen molar-refractivity contribution in [2.24, 2.45) is 0 Å². The molecule has 0 N–H and O–H groups in total. The molecule has 116 valence electrons. The second-order valence-electron chi connectivity index (χ2n) is 5.97. The van der Waals surface area contributed by atoms with Gasteiger partial charge in [0, 0.05) is 24.0 Å². The highest BCUT2D eigenvalue weighted by Crippen LogP contribution is 2.32. The Hall–Kier alpha value is -2.69. The smallest absolute Gasteiger partial charge is 0.273 e. The molecule has 4 rings (SSSR count). The molecule has 1 atom stereocenters.